The summed E-state index contributed by atoms with van der Waals surface area (Å²) in [6, 6.07) is 8.11. The molecule has 3 nitrogen and oxygen atoms in total. The zero-order valence-corrected chi connectivity index (χ0v) is 11.8. The lowest BCUT2D eigenvalue weighted by Crippen LogP contribution is -2.24. The minimum absolute atomic E-state index is 0.227. The molecule has 0 radical (unpaired) electrons. The zero-order valence-electron chi connectivity index (χ0n) is 10.2. The smallest absolute Gasteiger partial charge is 0.227 e. The summed E-state index contributed by atoms with van der Waals surface area (Å²) < 4.78 is 0. The number of rotatable bonds is 3. The van der Waals surface area contributed by atoms with E-state index in [1.54, 1.807) is 0 Å². The fourth-order valence-electron chi connectivity index (χ4n) is 2.07. The van der Waals surface area contributed by atoms with Gasteiger partial charge < -0.3 is 9.80 Å². The number of benzene rings is 1. The quantitative estimate of drug-likeness (QED) is 0.800. The van der Waals surface area contributed by atoms with E-state index < -0.39 is 0 Å². The van der Waals surface area contributed by atoms with Crippen LogP contribution in [0.5, 0.6) is 0 Å². The minimum atomic E-state index is 0.227. The largest absolute Gasteiger partial charge is 0.378 e. The fourth-order valence-corrected chi connectivity index (χ4v) is 2.51. The summed E-state index contributed by atoms with van der Waals surface area (Å²) in [6.07, 6.45) is 0.650. The second kappa shape index (κ2) is 5.08. The number of hydrogen-bond donors (Lipinski definition) is 0. The van der Waals surface area contributed by atoms with Crippen molar-refractivity contribution in [3.8, 4) is 0 Å². The highest BCUT2D eigenvalue weighted by atomic mass is 79.9. The third-order valence-corrected chi connectivity index (χ3v) is 4.00. The zero-order chi connectivity index (χ0) is 12.4. The van der Waals surface area contributed by atoms with Gasteiger partial charge in [0.25, 0.3) is 0 Å². The molecule has 4 heteroatoms. The Bertz CT molecular complexity index is 420. The molecular formula is C13H17BrN2O. The molecule has 1 saturated heterocycles. The lowest BCUT2D eigenvalue weighted by Gasteiger charge is -2.19. The van der Waals surface area contributed by atoms with Gasteiger partial charge in [0.2, 0.25) is 5.91 Å². The molecule has 0 saturated carbocycles. The number of amides is 1. The van der Waals surface area contributed by atoms with Crippen LogP contribution in [0, 0.1) is 5.92 Å². The third-order valence-electron chi connectivity index (χ3n) is 3.08. The van der Waals surface area contributed by atoms with Gasteiger partial charge in [-0.05, 0) is 24.1 Å². The van der Waals surface area contributed by atoms with E-state index in [0.29, 0.717) is 12.3 Å². The summed E-state index contributed by atoms with van der Waals surface area (Å²) in [7, 11) is 4.01. The highest BCUT2D eigenvalue weighted by Gasteiger charge is 2.29. The van der Waals surface area contributed by atoms with Crippen LogP contribution in [0.1, 0.15) is 6.42 Å². The lowest BCUT2D eigenvalue weighted by atomic mass is 10.2. The van der Waals surface area contributed by atoms with Crippen LogP contribution in [0.4, 0.5) is 11.4 Å². The summed E-state index contributed by atoms with van der Waals surface area (Å²) in [5.74, 6) is 0.663. The van der Waals surface area contributed by atoms with Crippen LogP contribution in [0.25, 0.3) is 0 Å². The maximum atomic E-state index is 11.9. The van der Waals surface area contributed by atoms with Gasteiger partial charge in [0.15, 0.2) is 0 Å². The summed E-state index contributed by atoms with van der Waals surface area (Å²) in [5.41, 5.74) is 2.13. The van der Waals surface area contributed by atoms with Crippen LogP contribution in [-0.2, 0) is 4.79 Å². The first-order chi connectivity index (χ1) is 8.11. The molecule has 2 rings (SSSR count). The highest BCUT2D eigenvalue weighted by molar-refractivity contribution is 9.09. The van der Waals surface area contributed by atoms with Crippen LogP contribution < -0.4 is 9.80 Å². The van der Waals surface area contributed by atoms with Crippen molar-refractivity contribution in [3.63, 3.8) is 0 Å². The Kier molecular flexibility index (Phi) is 3.72. The summed E-state index contributed by atoms with van der Waals surface area (Å²) >= 11 is 3.45. The molecule has 1 unspecified atom stereocenters. The number of hydrogen-bond acceptors (Lipinski definition) is 2. The first kappa shape index (κ1) is 12.4. The van der Waals surface area contributed by atoms with Crippen LogP contribution in [0.15, 0.2) is 24.3 Å². The van der Waals surface area contributed by atoms with E-state index in [2.05, 4.69) is 22.0 Å². The first-order valence-electron chi connectivity index (χ1n) is 5.75. The van der Waals surface area contributed by atoms with Crippen LogP contribution in [0.3, 0.4) is 0 Å². The van der Waals surface area contributed by atoms with Crippen molar-refractivity contribution in [1.82, 2.24) is 0 Å². The molecule has 1 aromatic rings. The lowest BCUT2D eigenvalue weighted by molar-refractivity contribution is -0.117. The van der Waals surface area contributed by atoms with E-state index in [-0.39, 0.29) is 5.91 Å². The normalized spacial score (nSPS) is 19.8. The Morgan fingerprint density at radius 3 is 2.82 bits per heavy atom. The van der Waals surface area contributed by atoms with Gasteiger partial charge in [-0.3, -0.25) is 4.79 Å². The predicted octanol–water partition coefficient (Wildman–Crippen LogP) is 2.50. The predicted molar refractivity (Wildman–Crippen MR) is 75.0 cm³/mol. The van der Waals surface area contributed by atoms with Crippen molar-refractivity contribution in [2.75, 3.05) is 35.8 Å². The van der Waals surface area contributed by atoms with E-state index in [9.17, 15) is 4.79 Å². The molecule has 0 N–H and O–H groups in total. The summed E-state index contributed by atoms with van der Waals surface area (Å²) in [4.78, 5) is 15.9. The molecule has 1 amide bonds. The van der Waals surface area contributed by atoms with Gasteiger partial charge in [-0.15, -0.1) is 0 Å². The molecule has 1 aliphatic heterocycles. The van der Waals surface area contributed by atoms with Gasteiger partial charge >= 0.3 is 0 Å². The maximum Gasteiger partial charge on any atom is 0.227 e. The molecule has 0 spiro atoms. The van der Waals surface area contributed by atoms with E-state index in [0.717, 1.165) is 23.2 Å². The van der Waals surface area contributed by atoms with E-state index in [1.165, 1.54) is 0 Å². The molecule has 92 valence electrons. The Balaban J connectivity index is 2.22. The minimum Gasteiger partial charge on any atom is -0.378 e. The topological polar surface area (TPSA) is 23.6 Å². The Labute approximate surface area is 111 Å². The van der Waals surface area contributed by atoms with Gasteiger partial charge in [0.05, 0.1) is 0 Å². The second-order valence-corrected chi connectivity index (χ2v) is 5.29. The van der Waals surface area contributed by atoms with Crippen molar-refractivity contribution in [2.24, 2.45) is 5.92 Å². The first-order valence-corrected chi connectivity index (χ1v) is 6.87. The number of carbonyl (C=O) groups excluding carboxylic acids is 1. The fraction of sp³-hybridized carbons (Fsp3) is 0.462. The molecule has 17 heavy (non-hydrogen) atoms. The van der Waals surface area contributed by atoms with Crippen LogP contribution in [0.2, 0.25) is 0 Å². The molecule has 0 aliphatic carbocycles. The number of anilines is 2. The average molecular weight is 297 g/mol. The van der Waals surface area contributed by atoms with Gasteiger partial charge in [0.1, 0.15) is 0 Å². The number of nitrogens with zero attached hydrogens (tertiary/aromatic N) is 2. The van der Waals surface area contributed by atoms with Gasteiger partial charge in [-0.1, -0.05) is 22.0 Å². The highest BCUT2D eigenvalue weighted by Crippen LogP contribution is 2.28. The van der Waals surface area contributed by atoms with E-state index >= 15 is 0 Å². The van der Waals surface area contributed by atoms with Crippen LogP contribution >= 0.6 is 15.9 Å². The summed E-state index contributed by atoms with van der Waals surface area (Å²) in [5, 5.41) is 0.891. The molecule has 1 aromatic carbocycles. The number of halogens is 1. The second-order valence-electron chi connectivity index (χ2n) is 4.64. The average Bonchev–Trinajstić information content (AvgIpc) is 2.71. The SMILES string of the molecule is CN(C)c1cccc(N2CC(CBr)CC2=O)c1. The monoisotopic (exact) mass is 296 g/mol. The molecular weight excluding hydrogens is 280 g/mol. The standard InChI is InChI=1S/C13H17BrN2O/c1-15(2)11-4-3-5-12(7-11)16-9-10(8-14)6-13(16)17/h3-5,7,10H,6,8-9H2,1-2H3. The molecule has 1 heterocycles. The third kappa shape index (κ3) is 2.63. The van der Waals surface area contributed by atoms with Crippen molar-refractivity contribution >= 4 is 33.2 Å². The Hall–Kier alpha value is -1.03. The molecule has 0 bridgehead atoms. The van der Waals surface area contributed by atoms with E-state index in [4.69, 9.17) is 0 Å². The van der Waals surface area contributed by atoms with Crippen molar-refractivity contribution in [3.05, 3.63) is 24.3 Å². The van der Waals surface area contributed by atoms with Gasteiger partial charge in [-0.2, -0.15) is 0 Å². The molecule has 1 fully saturated rings. The Morgan fingerprint density at radius 1 is 1.47 bits per heavy atom. The van der Waals surface area contributed by atoms with Crippen molar-refractivity contribution < 1.29 is 4.79 Å². The number of alkyl halides is 1. The number of carbonyl (C=O) groups is 1. The maximum absolute atomic E-state index is 11.9. The molecule has 1 atom stereocenters. The molecule has 0 aromatic heterocycles. The van der Waals surface area contributed by atoms with Gasteiger partial charge in [-0.25, -0.2) is 0 Å². The molecule has 1 aliphatic rings. The Morgan fingerprint density at radius 2 is 2.24 bits per heavy atom. The summed E-state index contributed by atoms with van der Waals surface area (Å²) in [6.45, 7) is 0.820. The van der Waals surface area contributed by atoms with Crippen molar-refractivity contribution in [2.45, 2.75) is 6.42 Å². The van der Waals surface area contributed by atoms with Crippen LogP contribution in [-0.4, -0.2) is 31.9 Å². The van der Waals surface area contributed by atoms with Gasteiger partial charge in [0, 0.05) is 43.8 Å². The van der Waals surface area contributed by atoms with Crippen molar-refractivity contribution in [1.29, 1.82) is 0 Å². The van der Waals surface area contributed by atoms with E-state index in [1.807, 2.05) is 42.1 Å².